The fourth-order valence-corrected chi connectivity index (χ4v) is 17.8. The summed E-state index contributed by atoms with van der Waals surface area (Å²) in [6.07, 6.45) is -37.9. The highest BCUT2D eigenvalue weighted by atomic mass is 16.8. The van der Waals surface area contributed by atoms with E-state index < -0.39 is 230 Å². The zero-order valence-electron chi connectivity index (χ0n) is 50.5. The number of fused-ring (bicyclic) bond motifs is 7. The van der Waals surface area contributed by atoms with Gasteiger partial charge in [0.25, 0.3) is 0 Å². The summed E-state index contributed by atoms with van der Waals surface area (Å²) in [6.45, 7) is 11.2. The summed E-state index contributed by atoms with van der Waals surface area (Å²) >= 11 is 0. The van der Waals surface area contributed by atoms with Crippen LogP contribution in [0.5, 0.6) is 0 Å². The Morgan fingerprint density at radius 3 is 1.68 bits per heavy atom. The zero-order valence-corrected chi connectivity index (χ0v) is 50.5. The van der Waals surface area contributed by atoms with Crippen molar-refractivity contribution in [3.8, 4) is 0 Å². The number of aliphatic carboxylic acids is 2. The van der Waals surface area contributed by atoms with Crippen LogP contribution in [0.15, 0.2) is 11.6 Å². The van der Waals surface area contributed by atoms with Gasteiger partial charge in [0.2, 0.25) is 0 Å². The predicted molar refractivity (Wildman–Crippen MR) is 292 cm³/mol. The van der Waals surface area contributed by atoms with Crippen molar-refractivity contribution in [3.63, 3.8) is 0 Å². The van der Waals surface area contributed by atoms with Gasteiger partial charge in [-0.15, -0.1) is 0 Å². The smallest absolute Gasteiger partial charge is 0.335 e. The fourth-order valence-electron chi connectivity index (χ4n) is 17.8. The molecule has 0 amide bonds. The molecule has 0 aromatic rings. The minimum absolute atomic E-state index is 0.0156. The minimum Gasteiger partial charge on any atom is -0.481 e. The van der Waals surface area contributed by atoms with E-state index in [9.17, 15) is 96.4 Å². The first kappa shape index (κ1) is 68.5. The van der Waals surface area contributed by atoms with Gasteiger partial charge in [0.1, 0.15) is 104 Å². The van der Waals surface area contributed by atoms with Crippen LogP contribution in [0.2, 0.25) is 0 Å². The number of aliphatic hydroxyl groups excluding tert-OH is 15. The molecule has 29 heteroatoms. The Hall–Kier alpha value is -2.32. The molecule has 0 aromatic heterocycles. The van der Waals surface area contributed by atoms with E-state index in [0.29, 0.717) is 38.5 Å². The molecule has 0 unspecified atom stereocenters. The molecule has 504 valence electrons. The molecule has 0 radical (unpaired) electrons. The summed E-state index contributed by atoms with van der Waals surface area (Å²) in [5, 5.41) is 184. The van der Waals surface area contributed by atoms with Crippen molar-refractivity contribution in [3.05, 3.63) is 11.6 Å². The number of carboxylic acid groups (broad SMARTS) is 2. The molecule has 0 aromatic carbocycles. The maximum atomic E-state index is 13.5. The standard InChI is InChI=1S/C59H94O29/c1-22-32(64)36(68)41(73)48(80-22)87-45-38(70)35(67)27(19-61)82-51(45)88-46-40(72)39(71)43(47(75)76)85-52(46)83-30-11-12-56(4)28(57(30,5)21-62)10-13-59(7)29(56)9-8-23-24-16-54(2,53(77)78)17-31(55(24,3)14-15-58(23,59)6)84-50-44(33(65)25(63)20-79-50)86-49-42(74)37(69)34(66)26(18-60)81-49/h8,22,24-46,48-52,60-74H,9-21H2,1-7H3,(H,75,76)(H,77,78)/t22-,24-,25+,26+,27-,28-,29-,30-,31+,32+,33+,34-,35+,36+,37+,38+,39+,40+,41+,42+,43+,44-,45+,46-,48+,49+,50-,51+,52+,54+,55+,56-,57+,58-,59+/m1/s1. The van der Waals surface area contributed by atoms with Gasteiger partial charge < -0.3 is 134 Å². The Morgan fingerprint density at radius 1 is 0.534 bits per heavy atom. The molecule has 0 bridgehead atoms. The van der Waals surface area contributed by atoms with Crippen LogP contribution in [0.1, 0.15) is 106 Å². The van der Waals surface area contributed by atoms with E-state index in [-0.39, 0.29) is 37.0 Å². The Kier molecular flexibility index (Phi) is 19.6. The van der Waals surface area contributed by atoms with Gasteiger partial charge in [0.05, 0.1) is 50.2 Å². The topological polar surface area (TPSA) is 470 Å². The monoisotopic (exact) mass is 1270 g/mol. The van der Waals surface area contributed by atoms with Crippen molar-refractivity contribution < 1.29 is 144 Å². The molecule has 5 heterocycles. The molecule has 10 aliphatic rings. The van der Waals surface area contributed by atoms with E-state index in [2.05, 4.69) is 33.8 Å². The largest absolute Gasteiger partial charge is 0.481 e. The molecule has 4 saturated carbocycles. The summed E-state index contributed by atoms with van der Waals surface area (Å²) in [7, 11) is 0. The third kappa shape index (κ3) is 11.1. The number of ether oxygens (including phenoxy) is 10. The third-order valence-corrected chi connectivity index (χ3v) is 23.7. The lowest BCUT2D eigenvalue weighted by molar-refractivity contribution is -0.396. The summed E-state index contributed by atoms with van der Waals surface area (Å²) in [4.78, 5) is 26.2. The quantitative estimate of drug-likeness (QED) is 0.0550. The van der Waals surface area contributed by atoms with Crippen LogP contribution >= 0.6 is 0 Å². The average molecular weight is 1270 g/mol. The van der Waals surface area contributed by atoms with E-state index in [1.54, 1.807) is 6.92 Å². The molecule has 10 rings (SSSR count). The normalized spacial score (nSPS) is 55.7. The number of rotatable bonds is 15. The van der Waals surface area contributed by atoms with Crippen molar-refractivity contribution in [2.75, 3.05) is 26.4 Å². The van der Waals surface area contributed by atoms with Gasteiger partial charge in [-0.2, -0.15) is 0 Å². The van der Waals surface area contributed by atoms with Crippen LogP contribution in [-0.2, 0) is 57.0 Å². The first-order valence-electron chi connectivity index (χ1n) is 30.9. The number of carbonyl (C=O) groups is 2. The van der Waals surface area contributed by atoms with Crippen molar-refractivity contribution >= 4 is 11.9 Å². The second kappa shape index (κ2) is 25.1. The molecular weight excluding hydrogens is 1170 g/mol. The van der Waals surface area contributed by atoms with Gasteiger partial charge in [0, 0.05) is 10.8 Å². The first-order chi connectivity index (χ1) is 41.2. The van der Waals surface area contributed by atoms with Crippen LogP contribution < -0.4 is 0 Å². The number of hydrogen-bond donors (Lipinski definition) is 17. The molecule has 9 fully saturated rings. The number of allylic oxidation sites excluding steroid dienone is 2. The summed E-state index contributed by atoms with van der Waals surface area (Å²) in [5.74, 6) is -3.42. The van der Waals surface area contributed by atoms with Crippen molar-refractivity contribution in [1.29, 1.82) is 0 Å². The van der Waals surface area contributed by atoms with Crippen molar-refractivity contribution in [2.45, 2.75) is 266 Å². The van der Waals surface area contributed by atoms with Gasteiger partial charge in [-0.3, -0.25) is 4.79 Å². The maximum absolute atomic E-state index is 13.5. The highest BCUT2D eigenvalue weighted by Gasteiger charge is 2.71. The van der Waals surface area contributed by atoms with E-state index in [0.717, 1.165) is 5.57 Å². The van der Waals surface area contributed by atoms with Crippen molar-refractivity contribution in [2.24, 2.45) is 50.2 Å². The van der Waals surface area contributed by atoms with Crippen LogP contribution in [0, 0.1) is 50.2 Å². The number of aliphatic hydroxyl groups is 15. The number of carboxylic acids is 2. The van der Waals surface area contributed by atoms with Crippen LogP contribution in [-0.4, -0.2) is 285 Å². The van der Waals surface area contributed by atoms with E-state index in [1.165, 1.54) is 6.92 Å². The molecule has 0 spiro atoms. The highest BCUT2D eigenvalue weighted by Crippen LogP contribution is 2.76. The average Bonchev–Trinajstić information content (AvgIpc) is 0.678. The molecule has 35 atom stereocenters. The Labute approximate surface area is 508 Å². The lowest BCUT2D eigenvalue weighted by Crippen LogP contribution is -2.68. The summed E-state index contributed by atoms with van der Waals surface area (Å²) < 4.78 is 60.8. The highest BCUT2D eigenvalue weighted by molar-refractivity contribution is 5.75. The zero-order chi connectivity index (χ0) is 64.4. The van der Waals surface area contributed by atoms with Gasteiger partial charge in [0.15, 0.2) is 37.6 Å². The molecule has 5 saturated heterocycles. The fraction of sp³-hybridized carbons (Fsp3) is 0.932. The predicted octanol–water partition coefficient (Wildman–Crippen LogP) is -3.94. The van der Waals surface area contributed by atoms with Gasteiger partial charge in [-0.1, -0.05) is 46.3 Å². The number of hydrogen-bond acceptors (Lipinski definition) is 27. The molecule has 29 nitrogen and oxygen atoms in total. The minimum atomic E-state index is -2.16. The van der Waals surface area contributed by atoms with E-state index in [1.807, 2.05) is 6.92 Å². The first-order valence-corrected chi connectivity index (χ1v) is 30.9. The summed E-state index contributed by atoms with van der Waals surface area (Å²) in [5.41, 5.74) is -3.61. The van der Waals surface area contributed by atoms with Crippen molar-refractivity contribution in [1.82, 2.24) is 0 Å². The van der Waals surface area contributed by atoms with E-state index in [4.69, 9.17) is 47.4 Å². The Morgan fingerprint density at radius 2 is 1.08 bits per heavy atom. The lowest BCUT2D eigenvalue weighted by atomic mass is 9.33. The van der Waals surface area contributed by atoms with Gasteiger partial charge in [-0.05, 0) is 106 Å². The van der Waals surface area contributed by atoms with Crippen LogP contribution in [0.3, 0.4) is 0 Å². The van der Waals surface area contributed by atoms with Gasteiger partial charge in [-0.25, -0.2) is 4.79 Å². The SMILES string of the molecule is C[C@H]1O[C@@H](O[C@@H]2[C@H](O[C@H]3[C@@H](O[C@@H]4CC[C@]5(C)[C@@H](CC[C@@]6(C)[C@@H]5CC=C5[C@H]7C[C@](C)(C(=O)O)C[C@H](O[C@H]8OC[C@H](O)[C@H](O)[C@H]8O[C@@H]8O[C@@H](CO)[C@@H](O)[C@H](O)[C@@H]8O)[C@@]7(C)CC[C@]56C)[C@]4(C)CO)O[C@H](C(=O)O)[C@@H](O)[C@@H]3O)O[C@H](CO)[C@H](O)[C@@H]2O)[C@@H](O)[C@@H](O)[C@H]1O. The second-order valence-electron chi connectivity index (χ2n) is 28.5. The lowest BCUT2D eigenvalue weighted by Gasteiger charge is -2.72. The second-order valence-corrected chi connectivity index (χ2v) is 28.5. The van der Waals surface area contributed by atoms with Crippen LogP contribution in [0.25, 0.3) is 0 Å². The molecule has 5 aliphatic carbocycles. The summed E-state index contributed by atoms with van der Waals surface area (Å²) in [6, 6.07) is 0. The van der Waals surface area contributed by atoms with Gasteiger partial charge >= 0.3 is 11.9 Å². The van der Waals surface area contributed by atoms with E-state index >= 15 is 0 Å². The molecule has 17 N–H and O–H groups in total. The molecule has 5 aliphatic heterocycles. The maximum Gasteiger partial charge on any atom is 0.335 e. The van der Waals surface area contributed by atoms with Crippen LogP contribution in [0.4, 0.5) is 0 Å². The Bertz CT molecular complexity index is 2510. The molecular formula is C59H94O29. The third-order valence-electron chi connectivity index (χ3n) is 23.7. The Balaban J connectivity index is 0.913. The molecule has 88 heavy (non-hydrogen) atoms.